The van der Waals surface area contributed by atoms with E-state index in [9.17, 15) is 0 Å². The quantitative estimate of drug-likeness (QED) is 0.429. The van der Waals surface area contributed by atoms with Gasteiger partial charge in [0.15, 0.2) is 5.96 Å². The van der Waals surface area contributed by atoms with Crippen molar-refractivity contribution in [2.24, 2.45) is 10.4 Å². The smallest absolute Gasteiger partial charge is 0.194 e. The maximum absolute atomic E-state index is 5.78. The standard InChI is InChI=1S/C16H31N3O2.HI/c1-14(2)12-19(15(14,3)4)13(17-5)18-11-16(20-6)7-9-21-10-8-16;/h7-12H2,1-6H3,(H,17,18);1H. The number of rotatable bonds is 3. The molecule has 2 fully saturated rings. The molecule has 0 aliphatic carbocycles. The third-order valence-corrected chi connectivity index (χ3v) is 5.76. The number of aliphatic imine (C=N–C) groups is 1. The van der Waals surface area contributed by atoms with E-state index in [4.69, 9.17) is 9.47 Å². The molecule has 0 bridgehead atoms. The third-order valence-electron chi connectivity index (χ3n) is 5.76. The van der Waals surface area contributed by atoms with Gasteiger partial charge in [0.25, 0.3) is 0 Å². The minimum atomic E-state index is -0.126. The van der Waals surface area contributed by atoms with Crippen molar-refractivity contribution in [2.75, 3.05) is 40.5 Å². The first-order valence-corrected chi connectivity index (χ1v) is 7.89. The summed E-state index contributed by atoms with van der Waals surface area (Å²) in [5, 5.41) is 3.52. The highest BCUT2D eigenvalue weighted by Gasteiger charge is 2.53. The Morgan fingerprint density at radius 3 is 2.23 bits per heavy atom. The molecule has 2 heterocycles. The second kappa shape index (κ2) is 7.21. The first-order valence-electron chi connectivity index (χ1n) is 7.89. The van der Waals surface area contributed by atoms with Gasteiger partial charge in [0.05, 0.1) is 5.60 Å². The molecule has 22 heavy (non-hydrogen) atoms. The monoisotopic (exact) mass is 425 g/mol. The number of guanidine groups is 1. The Hall–Kier alpha value is -0.0800. The van der Waals surface area contributed by atoms with Crippen LogP contribution in [0.1, 0.15) is 40.5 Å². The molecule has 5 nitrogen and oxygen atoms in total. The Morgan fingerprint density at radius 1 is 1.23 bits per heavy atom. The van der Waals surface area contributed by atoms with Gasteiger partial charge in [-0.2, -0.15) is 0 Å². The zero-order valence-electron chi connectivity index (χ0n) is 14.9. The lowest BCUT2D eigenvalue weighted by molar-refractivity contribution is -0.0894. The van der Waals surface area contributed by atoms with Gasteiger partial charge in [-0.3, -0.25) is 4.99 Å². The number of methoxy groups -OCH3 is 1. The average molecular weight is 425 g/mol. The van der Waals surface area contributed by atoms with Crippen molar-refractivity contribution < 1.29 is 9.47 Å². The lowest BCUT2D eigenvalue weighted by Crippen LogP contribution is -2.73. The largest absolute Gasteiger partial charge is 0.381 e. The van der Waals surface area contributed by atoms with Crippen molar-refractivity contribution in [3.05, 3.63) is 0 Å². The summed E-state index contributed by atoms with van der Waals surface area (Å²) in [7, 11) is 3.65. The molecule has 0 radical (unpaired) electrons. The van der Waals surface area contributed by atoms with Gasteiger partial charge in [0.2, 0.25) is 0 Å². The fourth-order valence-corrected chi connectivity index (χ4v) is 3.13. The summed E-state index contributed by atoms with van der Waals surface area (Å²) in [6.07, 6.45) is 1.87. The molecule has 0 aromatic heterocycles. The van der Waals surface area contributed by atoms with E-state index >= 15 is 0 Å². The van der Waals surface area contributed by atoms with Crippen LogP contribution in [0.15, 0.2) is 4.99 Å². The minimum Gasteiger partial charge on any atom is -0.381 e. The van der Waals surface area contributed by atoms with Gasteiger partial charge in [-0.1, -0.05) is 13.8 Å². The lowest BCUT2D eigenvalue weighted by atomic mass is 9.65. The van der Waals surface area contributed by atoms with E-state index in [0.717, 1.165) is 45.1 Å². The maximum atomic E-state index is 5.78. The van der Waals surface area contributed by atoms with Gasteiger partial charge in [-0.25, -0.2) is 0 Å². The van der Waals surface area contributed by atoms with Crippen LogP contribution in [-0.4, -0.2) is 62.5 Å². The fraction of sp³-hybridized carbons (Fsp3) is 0.938. The van der Waals surface area contributed by atoms with E-state index in [1.165, 1.54) is 0 Å². The first kappa shape index (κ1) is 20.0. The first-order chi connectivity index (χ1) is 9.78. The molecule has 2 aliphatic heterocycles. The van der Waals surface area contributed by atoms with Crippen molar-refractivity contribution in [3.63, 3.8) is 0 Å². The number of nitrogens with one attached hydrogen (secondary N) is 1. The highest BCUT2D eigenvalue weighted by Crippen LogP contribution is 2.46. The third kappa shape index (κ3) is 3.53. The molecule has 0 atom stereocenters. The molecule has 0 spiro atoms. The van der Waals surface area contributed by atoms with Gasteiger partial charge in [0, 0.05) is 64.3 Å². The predicted octanol–water partition coefficient (Wildman–Crippen LogP) is 2.50. The van der Waals surface area contributed by atoms with Gasteiger partial charge in [-0.05, 0) is 13.8 Å². The second-order valence-corrected chi connectivity index (χ2v) is 7.43. The summed E-state index contributed by atoms with van der Waals surface area (Å²) in [5.74, 6) is 0.974. The number of likely N-dealkylation sites (tertiary alicyclic amines) is 1. The van der Waals surface area contributed by atoms with Crippen molar-refractivity contribution in [1.82, 2.24) is 10.2 Å². The van der Waals surface area contributed by atoms with Crippen LogP contribution in [-0.2, 0) is 9.47 Å². The molecule has 2 aliphatic rings. The Labute approximate surface area is 152 Å². The van der Waals surface area contributed by atoms with Crippen LogP contribution >= 0.6 is 24.0 Å². The van der Waals surface area contributed by atoms with Gasteiger partial charge in [-0.15, -0.1) is 24.0 Å². The molecule has 2 rings (SSSR count). The number of hydrogen-bond donors (Lipinski definition) is 1. The number of ether oxygens (including phenoxy) is 2. The van der Waals surface area contributed by atoms with Crippen LogP contribution in [0.5, 0.6) is 0 Å². The summed E-state index contributed by atoms with van der Waals surface area (Å²) < 4.78 is 11.2. The van der Waals surface area contributed by atoms with E-state index in [1.807, 2.05) is 7.05 Å². The van der Waals surface area contributed by atoms with E-state index in [0.29, 0.717) is 5.41 Å². The van der Waals surface area contributed by atoms with E-state index in [1.54, 1.807) is 7.11 Å². The number of nitrogens with zero attached hydrogens (tertiary/aromatic N) is 2. The van der Waals surface area contributed by atoms with Crippen molar-refractivity contribution >= 4 is 29.9 Å². The van der Waals surface area contributed by atoms with Crippen LogP contribution in [0.4, 0.5) is 0 Å². The molecule has 0 saturated carbocycles. The van der Waals surface area contributed by atoms with Gasteiger partial charge < -0.3 is 19.7 Å². The molecule has 0 amide bonds. The Balaban J connectivity index is 0.00000242. The molecule has 6 heteroatoms. The van der Waals surface area contributed by atoms with Gasteiger partial charge in [0.1, 0.15) is 0 Å². The topological polar surface area (TPSA) is 46.1 Å². The van der Waals surface area contributed by atoms with Crippen molar-refractivity contribution in [2.45, 2.75) is 51.7 Å². The Morgan fingerprint density at radius 2 is 1.82 bits per heavy atom. The number of hydrogen-bond acceptors (Lipinski definition) is 3. The van der Waals surface area contributed by atoms with Crippen LogP contribution < -0.4 is 5.32 Å². The maximum Gasteiger partial charge on any atom is 0.194 e. The molecule has 1 N–H and O–H groups in total. The molecule has 2 saturated heterocycles. The summed E-state index contributed by atoms with van der Waals surface area (Å²) in [4.78, 5) is 6.82. The van der Waals surface area contributed by atoms with Crippen molar-refractivity contribution in [3.8, 4) is 0 Å². The normalized spacial score (nSPS) is 25.9. The number of halogens is 1. The summed E-state index contributed by atoms with van der Waals surface area (Å²) in [6.45, 7) is 12.5. The SMILES string of the molecule is CN=C(NCC1(OC)CCOCC1)N1CC(C)(C)C1(C)C.I. The predicted molar refractivity (Wildman–Crippen MR) is 101 cm³/mol. The zero-order chi connectivity index (χ0) is 15.7. The Kier molecular flexibility index (Phi) is 6.55. The Bertz CT molecular complexity index is 404. The van der Waals surface area contributed by atoms with Crippen LogP contribution in [0.25, 0.3) is 0 Å². The molecule has 0 aromatic rings. The van der Waals surface area contributed by atoms with Gasteiger partial charge >= 0.3 is 0 Å². The van der Waals surface area contributed by atoms with E-state index < -0.39 is 0 Å². The molecule has 130 valence electrons. The lowest BCUT2D eigenvalue weighted by Gasteiger charge is -2.62. The molecule has 0 unspecified atom stereocenters. The molecular weight excluding hydrogens is 393 g/mol. The average Bonchev–Trinajstić information content (AvgIpc) is 2.47. The summed E-state index contributed by atoms with van der Waals surface area (Å²) in [5.41, 5.74) is 0.297. The highest BCUT2D eigenvalue weighted by molar-refractivity contribution is 14.0. The van der Waals surface area contributed by atoms with Crippen LogP contribution in [0.2, 0.25) is 0 Å². The van der Waals surface area contributed by atoms with E-state index in [-0.39, 0.29) is 35.1 Å². The van der Waals surface area contributed by atoms with E-state index in [2.05, 4.69) is 42.9 Å². The van der Waals surface area contributed by atoms with Crippen LogP contribution in [0, 0.1) is 5.41 Å². The fourth-order valence-electron chi connectivity index (χ4n) is 3.13. The molecular formula is C16H32IN3O2. The summed E-state index contributed by atoms with van der Waals surface area (Å²) in [6, 6.07) is 0. The zero-order valence-corrected chi connectivity index (χ0v) is 17.2. The molecule has 0 aromatic carbocycles. The van der Waals surface area contributed by atoms with Crippen LogP contribution in [0.3, 0.4) is 0 Å². The minimum absolute atomic E-state index is 0. The highest BCUT2D eigenvalue weighted by atomic mass is 127. The van der Waals surface area contributed by atoms with Crippen molar-refractivity contribution in [1.29, 1.82) is 0 Å². The summed E-state index contributed by atoms with van der Waals surface area (Å²) >= 11 is 0. The second-order valence-electron chi connectivity index (χ2n) is 7.43.